The van der Waals surface area contributed by atoms with E-state index in [1.807, 2.05) is 61.5 Å². The number of nitrogens with one attached hydrogen (secondary N) is 2. The first kappa shape index (κ1) is 28.0. The Morgan fingerprint density at radius 3 is 2.40 bits per heavy atom. The number of ether oxygens (including phenoxy) is 2. The van der Waals surface area contributed by atoms with Crippen molar-refractivity contribution in [2.45, 2.75) is 57.3 Å². The Morgan fingerprint density at radius 2 is 1.69 bits per heavy atom. The first-order chi connectivity index (χ1) is 20.4. The van der Waals surface area contributed by atoms with Crippen molar-refractivity contribution in [3.8, 4) is 5.75 Å². The van der Waals surface area contributed by atoms with E-state index in [0.29, 0.717) is 40.2 Å². The molecule has 1 aliphatic heterocycles. The first-order valence-electron chi connectivity index (χ1n) is 14.4. The normalized spacial score (nSPS) is 19.9. The van der Waals surface area contributed by atoms with Crippen molar-refractivity contribution < 1.29 is 23.9 Å². The van der Waals surface area contributed by atoms with Crippen molar-refractivity contribution in [3.05, 3.63) is 104 Å². The average Bonchev–Trinajstić information content (AvgIpc) is 3.38. The number of carbonyl (C=O) groups excluding carboxylic acids is 3. The van der Waals surface area contributed by atoms with E-state index in [-0.39, 0.29) is 17.6 Å². The highest BCUT2D eigenvalue weighted by molar-refractivity contribution is 7.17. The van der Waals surface area contributed by atoms with Gasteiger partial charge in [0.1, 0.15) is 10.8 Å². The number of thiophene rings is 1. The number of ketones is 1. The van der Waals surface area contributed by atoms with Gasteiger partial charge in [-0.15, -0.1) is 11.3 Å². The third-order valence-corrected chi connectivity index (χ3v) is 9.79. The average molecular weight is 583 g/mol. The van der Waals surface area contributed by atoms with Crippen LogP contribution in [0.5, 0.6) is 5.75 Å². The summed E-state index contributed by atoms with van der Waals surface area (Å²) in [5.74, 6) is -0.463. The molecule has 0 fully saturated rings. The van der Waals surface area contributed by atoms with Crippen molar-refractivity contribution in [2.24, 2.45) is 0 Å². The van der Waals surface area contributed by atoms with Crippen LogP contribution in [0.2, 0.25) is 0 Å². The Hall–Kier alpha value is -4.17. The first-order valence-corrected chi connectivity index (χ1v) is 15.2. The largest absolute Gasteiger partial charge is 0.497 e. The third kappa shape index (κ3) is 5.04. The standard InChI is InChI=1S/C34H34N2O5S/c1-19-28(32(38)36-33-30(34(39)41-3)24-11-7-8-12-27(24)42-33)29(21-9-5-4-6-10-21)31-25(35-19)17-22(18-26(31)37)20-13-15-23(40-2)16-14-20/h4-6,9-10,13-16,22,29,35H,7-8,11-12,17-18H2,1-3H3,(H,36,38)/t22-,29+/m1/s1. The second-order valence-electron chi connectivity index (χ2n) is 11.1. The number of anilines is 1. The maximum Gasteiger partial charge on any atom is 0.341 e. The zero-order chi connectivity index (χ0) is 29.4. The summed E-state index contributed by atoms with van der Waals surface area (Å²) in [7, 11) is 3.00. The summed E-state index contributed by atoms with van der Waals surface area (Å²) in [6.07, 6.45) is 4.75. The Bertz CT molecular complexity index is 1620. The molecular weight excluding hydrogens is 548 g/mol. The predicted octanol–water partition coefficient (Wildman–Crippen LogP) is 6.42. The van der Waals surface area contributed by atoms with Crippen LogP contribution >= 0.6 is 11.3 Å². The molecule has 0 spiro atoms. The number of fused-ring (bicyclic) bond motifs is 1. The number of carbonyl (C=O) groups is 3. The van der Waals surface area contributed by atoms with Crippen LogP contribution in [0.1, 0.15) is 76.4 Å². The number of benzene rings is 2. The smallest absolute Gasteiger partial charge is 0.341 e. The van der Waals surface area contributed by atoms with E-state index in [1.54, 1.807) is 7.11 Å². The van der Waals surface area contributed by atoms with Gasteiger partial charge in [-0.3, -0.25) is 9.59 Å². The Morgan fingerprint density at radius 1 is 0.952 bits per heavy atom. The van der Waals surface area contributed by atoms with E-state index in [4.69, 9.17) is 9.47 Å². The fraction of sp³-hybridized carbons (Fsp3) is 0.324. The van der Waals surface area contributed by atoms with Crippen molar-refractivity contribution >= 4 is 34.0 Å². The molecule has 6 rings (SSSR count). The third-order valence-electron chi connectivity index (χ3n) is 8.58. The van der Waals surface area contributed by atoms with E-state index in [9.17, 15) is 14.4 Å². The highest BCUT2D eigenvalue weighted by Gasteiger charge is 2.41. The number of hydrogen-bond donors (Lipinski definition) is 2. The van der Waals surface area contributed by atoms with Crippen molar-refractivity contribution in [2.75, 3.05) is 19.5 Å². The topological polar surface area (TPSA) is 93.7 Å². The Labute approximate surface area is 249 Å². The molecule has 42 heavy (non-hydrogen) atoms. The Kier molecular flexibility index (Phi) is 7.73. The van der Waals surface area contributed by atoms with Crippen LogP contribution in [0.4, 0.5) is 5.00 Å². The molecule has 8 heteroatoms. The fourth-order valence-electron chi connectivity index (χ4n) is 6.57. The van der Waals surface area contributed by atoms with E-state index < -0.39 is 11.9 Å². The lowest BCUT2D eigenvalue weighted by Crippen LogP contribution is -2.37. The zero-order valence-corrected chi connectivity index (χ0v) is 24.9. The summed E-state index contributed by atoms with van der Waals surface area (Å²) in [6.45, 7) is 1.89. The second kappa shape index (κ2) is 11.6. The quantitative estimate of drug-likeness (QED) is 0.326. The number of rotatable bonds is 6. The maximum atomic E-state index is 14.2. The molecule has 3 aliphatic rings. The summed E-state index contributed by atoms with van der Waals surface area (Å²) in [6, 6.07) is 17.6. The number of methoxy groups -OCH3 is 2. The van der Waals surface area contributed by atoms with Crippen LogP contribution in [0.15, 0.2) is 77.1 Å². The maximum absolute atomic E-state index is 14.2. The molecule has 2 aromatic carbocycles. The van der Waals surface area contributed by atoms with E-state index in [1.165, 1.54) is 18.4 Å². The Balaban J connectivity index is 1.37. The monoisotopic (exact) mass is 582 g/mol. The minimum Gasteiger partial charge on any atom is -0.497 e. The van der Waals surface area contributed by atoms with E-state index in [2.05, 4.69) is 10.6 Å². The number of allylic oxidation sites excluding steroid dienone is 3. The zero-order valence-electron chi connectivity index (χ0n) is 24.0. The second-order valence-corrected chi connectivity index (χ2v) is 12.2. The van der Waals surface area contributed by atoms with E-state index in [0.717, 1.165) is 58.7 Å². The molecule has 2 aliphatic carbocycles. The molecule has 0 saturated heterocycles. The van der Waals surface area contributed by atoms with E-state index >= 15 is 0 Å². The molecule has 0 bridgehead atoms. The number of amides is 1. The van der Waals surface area contributed by atoms with Gasteiger partial charge in [-0.25, -0.2) is 4.79 Å². The highest BCUT2D eigenvalue weighted by atomic mass is 32.1. The lowest BCUT2D eigenvalue weighted by molar-refractivity contribution is -0.116. The molecule has 0 saturated carbocycles. The van der Waals surface area contributed by atoms with Crippen molar-refractivity contribution in [1.29, 1.82) is 0 Å². The van der Waals surface area contributed by atoms with Crippen LogP contribution < -0.4 is 15.4 Å². The molecule has 0 unspecified atom stereocenters. The van der Waals surface area contributed by atoms with Gasteiger partial charge in [0, 0.05) is 39.8 Å². The summed E-state index contributed by atoms with van der Waals surface area (Å²) in [4.78, 5) is 42.1. The molecule has 1 aromatic heterocycles. The van der Waals surface area contributed by atoms with Crippen LogP contribution in [-0.2, 0) is 27.2 Å². The number of hydrogen-bond acceptors (Lipinski definition) is 7. The minimum atomic E-state index is -0.525. The van der Waals surface area contributed by atoms with Gasteiger partial charge in [0.15, 0.2) is 5.78 Å². The molecule has 1 amide bonds. The molecule has 216 valence electrons. The summed E-state index contributed by atoms with van der Waals surface area (Å²) in [5, 5.41) is 7.04. The van der Waals surface area contributed by atoms with Crippen LogP contribution in [0.3, 0.4) is 0 Å². The van der Waals surface area contributed by atoms with Crippen molar-refractivity contribution in [1.82, 2.24) is 5.32 Å². The fourth-order valence-corrected chi connectivity index (χ4v) is 7.85. The summed E-state index contributed by atoms with van der Waals surface area (Å²) < 4.78 is 10.4. The SMILES string of the molecule is COC(=O)c1c(NC(=O)C2=C(C)NC3=C(C(=O)C[C@H](c4ccc(OC)cc4)C3)[C@H]2c2ccccc2)sc2c1CCCC2. The van der Waals surface area contributed by atoms with Gasteiger partial charge < -0.3 is 20.1 Å². The number of dihydropyridines is 1. The van der Waals surface area contributed by atoms with Gasteiger partial charge in [0.25, 0.3) is 5.91 Å². The van der Waals surface area contributed by atoms with Gasteiger partial charge in [-0.2, -0.15) is 0 Å². The van der Waals surface area contributed by atoms with Gasteiger partial charge in [-0.1, -0.05) is 42.5 Å². The number of aryl methyl sites for hydroxylation is 1. The number of Topliss-reactive ketones (excluding diaryl/α,β-unsaturated/α-hetero) is 1. The van der Waals surface area contributed by atoms with Crippen LogP contribution in [0, 0.1) is 0 Å². The van der Waals surface area contributed by atoms with Crippen LogP contribution in [0.25, 0.3) is 0 Å². The van der Waals surface area contributed by atoms with Crippen molar-refractivity contribution in [3.63, 3.8) is 0 Å². The van der Waals surface area contributed by atoms with Gasteiger partial charge in [0.05, 0.1) is 19.8 Å². The lowest BCUT2D eigenvalue weighted by Gasteiger charge is -2.37. The highest BCUT2D eigenvalue weighted by Crippen LogP contribution is 2.46. The molecule has 2 heterocycles. The molecular formula is C34H34N2O5S. The lowest BCUT2D eigenvalue weighted by atomic mass is 9.71. The van der Waals surface area contributed by atoms with Gasteiger partial charge >= 0.3 is 5.97 Å². The number of esters is 1. The summed E-state index contributed by atoms with van der Waals surface area (Å²) >= 11 is 1.46. The minimum absolute atomic E-state index is 0.0225. The molecule has 2 atom stereocenters. The van der Waals surface area contributed by atoms with Gasteiger partial charge in [-0.05, 0) is 73.8 Å². The molecule has 3 aromatic rings. The van der Waals surface area contributed by atoms with Crippen LogP contribution in [-0.4, -0.2) is 31.9 Å². The molecule has 0 radical (unpaired) electrons. The predicted molar refractivity (Wildman–Crippen MR) is 163 cm³/mol. The molecule has 7 nitrogen and oxygen atoms in total. The molecule has 2 N–H and O–H groups in total. The van der Waals surface area contributed by atoms with Gasteiger partial charge in [0.2, 0.25) is 0 Å². The summed E-state index contributed by atoms with van der Waals surface area (Å²) in [5.41, 5.74) is 6.08.